The van der Waals surface area contributed by atoms with E-state index in [-0.39, 0.29) is 17.6 Å². The molecule has 1 aromatic rings. The number of halogens is 1. The lowest BCUT2D eigenvalue weighted by Crippen LogP contribution is -2.49. The zero-order valence-electron chi connectivity index (χ0n) is 15.7. The second-order valence-electron chi connectivity index (χ2n) is 8.12. The van der Waals surface area contributed by atoms with Gasteiger partial charge in [-0.05, 0) is 81.7 Å². The Bertz CT molecular complexity index is 661. The van der Waals surface area contributed by atoms with Crippen LogP contribution in [0.3, 0.4) is 0 Å². The number of nitrogens with two attached hydrogens (primary N) is 1. The minimum atomic E-state index is -1.35. The van der Waals surface area contributed by atoms with Crippen LogP contribution >= 0.6 is 0 Å². The van der Waals surface area contributed by atoms with E-state index >= 15 is 0 Å². The fourth-order valence-electron chi connectivity index (χ4n) is 4.34. The molecule has 5 nitrogen and oxygen atoms in total. The molecule has 0 bridgehead atoms. The first kappa shape index (κ1) is 20.0. The monoisotopic (exact) mass is 376 g/mol. The van der Waals surface area contributed by atoms with Crippen molar-refractivity contribution in [3.8, 4) is 0 Å². The zero-order chi connectivity index (χ0) is 19.4. The maximum absolute atomic E-state index is 13.0. The molecule has 1 saturated heterocycles. The Morgan fingerprint density at radius 1 is 1.11 bits per heavy atom. The van der Waals surface area contributed by atoms with Crippen LogP contribution in [0.4, 0.5) is 4.39 Å². The molecule has 27 heavy (non-hydrogen) atoms. The number of carbonyl (C=O) groups is 2. The van der Waals surface area contributed by atoms with Gasteiger partial charge in [0.2, 0.25) is 5.91 Å². The molecule has 148 valence electrons. The van der Waals surface area contributed by atoms with E-state index in [0.29, 0.717) is 37.4 Å². The summed E-state index contributed by atoms with van der Waals surface area (Å²) in [5, 5.41) is 10.8. The molecule has 3 N–H and O–H groups in total. The Morgan fingerprint density at radius 3 is 2.26 bits per heavy atom. The van der Waals surface area contributed by atoms with Gasteiger partial charge in [0, 0.05) is 24.6 Å². The molecular weight excluding hydrogens is 347 g/mol. The summed E-state index contributed by atoms with van der Waals surface area (Å²) in [4.78, 5) is 26.1. The molecule has 0 unspecified atom stereocenters. The average molecular weight is 376 g/mol. The van der Waals surface area contributed by atoms with Gasteiger partial charge in [-0.1, -0.05) is 0 Å². The SMILES string of the molecule is NC(=O)C1CCC(CCN2CCC(O)(C(=O)c3ccc(F)cc3)CC2)CC1. The third-order valence-corrected chi connectivity index (χ3v) is 6.31. The third kappa shape index (κ3) is 4.93. The molecule has 0 atom stereocenters. The second kappa shape index (κ2) is 8.48. The van der Waals surface area contributed by atoms with Crippen molar-refractivity contribution in [2.45, 2.75) is 50.5 Å². The van der Waals surface area contributed by atoms with Gasteiger partial charge in [0.1, 0.15) is 11.4 Å². The van der Waals surface area contributed by atoms with Gasteiger partial charge in [-0.2, -0.15) is 0 Å². The van der Waals surface area contributed by atoms with E-state index in [0.717, 1.165) is 38.6 Å². The van der Waals surface area contributed by atoms with Crippen molar-refractivity contribution in [2.24, 2.45) is 17.6 Å². The van der Waals surface area contributed by atoms with E-state index in [9.17, 15) is 19.1 Å². The third-order valence-electron chi connectivity index (χ3n) is 6.31. The van der Waals surface area contributed by atoms with Gasteiger partial charge in [-0.3, -0.25) is 9.59 Å². The van der Waals surface area contributed by atoms with Gasteiger partial charge in [0.05, 0.1) is 0 Å². The first-order valence-corrected chi connectivity index (χ1v) is 9.92. The first-order chi connectivity index (χ1) is 12.9. The molecule has 0 spiro atoms. The number of hydrogen-bond acceptors (Lipinski definition) is 4. The molecular formula is C21H29FN2O3. The number of rotatable bonds is 6. The van der Waals surface area contributed by atoms with Crippen molar-refractivity contribution < 1.29 is 19.1 Å². The molecule has 1 heterocycles. The first-order valence-electron chi connectivity index (χ1n) is 9.92. The van der Waals surface area contributed by atoms with Crippen LogP contribution < -0.4 is 5.73 Å². The Morgan fingerprint density at radius 2 is 1.70 bits per heavy atom. The topological polar surface area (TPSA) is 83.6 Å². The summed E-state index contributed by atoms with van der Waals surface area (Å²) >= 11 is 0. The van der Waals surface area contributed by atoms with Gasteiger partial charge in [-0.15, -0.1) is 0 Å². The molecule has 1 saturated carbocycles. The number of Topliss-reactive ketones (excluding diaryl/α,β-unsaturated/α-hetero) is 1. The number of amides is 1. The molecule has 2 fully saturated rings. The van der Waals surface area contributed by atoms with E-state index in [1.807, 2.05) is 0 Å². The lowest BCUT2D eigenvalue weighted by atomic mass is 9.80. The standard InChI is InChI=1S/C21H29FN2O3/c22-18-7-5-16(6-8-18)19(25)21(27)10-13-24(14-11-21)12-9-15-1-3-17(4-2-15)20(23)26/h5-8,15,17,27H,1-4,9-14H2,(H2,23,26). The number of hydrogen-bond donors (Lipinski definition) is 2. The van der Waals surface area contributed by atoms with E-state index < -0.39 is 11.4 Å². The molecule has 0 aromatic heterocycles. The molecule has 0 radical (unpaired) electrons. The number of benzene rings is 1. The van der Waals surface area contributed by atoms with Crippen molar-refractivity contribution in [3.05, 3.63) is 35.6 Å². The van der Waals surface area contributed by atoms with Gasteiger partial charge < -0.3 is 15.7 Å². The largest absolute Gasteiger partial charge is 0.382 e. The van der Waals surface area contributed by atoms with Gasteiger partial charge >= 0.3 is 0 Å². The Balaban J connectivity index is 1.44. The van der Waals surface area contributed by atoms with Crippen molar-refractivity contribution in [1.82, 2.24) is 4.90 Å². The summed E-state index contributed by atoms with van der Waals surface area (Å²) in [7, 11) is 0. The Hall–Kier alpha value is -1.79. The van der Waals surface area contributed by atoms with E-state index in [2.05, 4.69) is 4.90 Å². The normalized spacial score (nSPS) is 25.9. The summed E-state index contributed by atoms with van der Waals surface area (Å²) in [6.45, 7) is 2.31. The van der Waals surface area contributed by atoms with Crippen LogP contribution in [0.15, 0.2) is 24.3 Å². The minimum Gasteiger partial charge on any atom is -0.382 e. The van der Waals surface area contributed by atoms with Gasteiger partial charge in [0.25, 0.3) is 0 Å². The highest BCUT2D eigenvalue weighted by Gasteiger charge is 2.39. The number of likely N-dealkylation sites (tertiary alicyclic amines) is 1. The number of carbonyl (C=O) groups excluding carboxylic acids is 2. The van der Waals surface area contributed by atoms with Crippen LogP contribution in [0.1, 0.15) is 55.3 Å². The Kier molecular flexibility index (Phi) is 6.27. The van der Waals surface area contributed by atoms with Crippen molar-refractivity contribution in [1.29, 1.82) is 0 Å². The van der Waals surface area contributed by atoms with Crippen molar-refractivity contribution in [2.75, 3.05) is 19.6 Å². The maximum Gasteiger partial charge on any atom is 0.220 e. The maximum atomic E-state index is 13.0. The summed E-state index contributed by atoms with van der Waals surface area (Å²) in [5.41, 5.74) is 4.39. The molecule has 1 aromatic carbocycles. The van der Waals surface area contributed by atoms with E-state index in [1.165, 1.54) is 24.3 Å². The van der Waals surface area contributed by atoms with Crippen LogP contribution in [-0.4, -0.2) is 46.9 Å². The summed E-state index contributed by atoms with van der Waals surface area (Å²) in [6.07, 6.45) is 5.77. The lowest BCUT2D eigenvalue weighted by Gasteiger charge is -2.38. The molecule has 1 amide bonds. The summed E-state index contributed by atoms with van der Waals surface area (Å²) in [5.74, 6) is -0.203. The van der Waals surface area contributed by atoms with Crippen molar-refractivity contribution >= 4 is 11.7 Å². The number of primary amides is 1. The predicted molar refractivity (Wildman–Crippen MR) is 101 cm³/mol. The number of nitrogens with zero attached hydrogens (tertiary/aromatic N) is 1. The molecule has 1 aliphatic carbocycles. The van der Waals surface area contributed by atoms with Crippen LogP contribution in [0.5, 0.6) is 0 Å². The number of piperidine rings is 1. The van der Waals surface area contributed by atoms with Crippen molar-refractivity contribution in [3.63, 3.8) is 0 Å². The van der Waals surface area contributed by atoms with Crippen LogP contribution in [0.25, 0.3) is 0 Å². The highest BCUT2D eigenvalue weighted by Crippen LogP contribution is 2.32. The van der Waals surface area contributed by atoms with Gasteiger partial charge in [0.15, 0.2) is 5.78 Å². The fraction of sp³-hybridized carbons (Fsp3) is 0.619. The smallest absolute Gasteiger partial charge is 0.220 e. The summed E-state index contributed by atoms with van der Waals surface area (Å²) in [6, 6.07) is 5.37. The van der Waals surface area contributed by atoms with Gasteiger partial charge in [-0.25, -0.2) is 4.39 Å². The highest BCUT2D eigenvalue weighted by molar-refractivity contribution is 6.02. The van der Waals surface area contributed by atoms with Crippen LogP contribution in [-0.2, 0) is 4.79 Å². The highest BCUT2D eigenvalue weighted by atomic mass is 19.1. The second-order valence-corrected chi connectivity index (χ2v) is 8.12. The fourth-order valence-corrected chi connectivity index (χ4v) is 4.34. The summed E-state index contributed by atoms with van der Waals surface area (Å²) < 4.78 is 13.0. The molecule has 1 aliphatic heterocycles. The Labute approximate surface area is 159 Å². The number of aliphatic hydroxyl groups is 1. The number of ketones is 1. The molecule has 2 aliphatic rings. The van der Waals surface area contributed by atoms with E-state index in [4.69, 9.17) is 5.73 Å². The quantitative estimate of drug-likeness (QED) is 0.748. The zero-order valence-corrected chi connectivity index (χ0v) is 15.7. The minimum absolute atomic E-state index is 0.0451. The van der Waals surface area contributed by atoms with Crippen LogP contribution in [0, 0.1) is 17.7 Å². The average Bonchev–Trinajstić information content (AvgIpc) is 2.68. The predicted octanol–water partition coefficient (Wildman–Crippen LogP) is 2.52. The van der Waals surface area contributed by atoms with E-state index in [1.54, 1.807) is 0 Å². The van der Waals surface area contributed by atoms with Crippen LogP contribution in [0.2, 0.25) is 0 Å². The molecule has 3 rings (SSSR count). The lowest BCUT2D eigenvalue weighted by molar-refractivity contribution is -0.123. The molecule has 6 heteroatoms.